The number of aliphatic hydroxyl groups is 2. The molecule has 1 rings (SSSR count). The van der Waals surface area contributed by atoms with E-state index in [1.807, 2.05) is 13.8 Å². The number of H-pyrrole nitrogens is 1. The molecule has 0 saturated heterocycles. The summed E-state index contributed by atoms with van der Waals surface area (Å²) >= 11 is 0. The number of aliphatic hydroxyl groups excluding tert-OH is 2. The SMILES string of the molecule is Cc1n[nH]c(C)c1CN(CCO)CCCO. The van der Waals surface area contributed by atoms with Crippen molar-refractivity contribution in [3.05, 3.63) is 17.0 Å². The molecule has 0 radical (unpaired) electrons. The quantitative estimate of drug-likeness (QED) is 0.622. The molecule has 92 valence electrons. The number of hydrogen-bond acceptors (Lipinski definition) is 4. The first-order chi connectivity index (χ1) is 7.69. The van der Waals surface area contributed by atoms with Crippen molar-refractivity contribution in [2.45, 2.75) is 26.8 Å². The highest BCUT2D eigenvalue weighted by atomic mass is 16.3. The average Bonchev–Trinajstić information content (AvgIpc) is 2.57. The summed E-state index contributed by atoms with van der Waals surface area (Å²) in [5.41, 5.74) is 3.26. The highest BCUT2D eigenvalue weighted by Gasteiger charge is 2.11. The summed E-state index contributed by atoms with van der Waals surface area (Å²) < 4.78 is 0. The van der Waals surface area contributed by atoms with Gasteiger partial charge in [0.2, 0.25) is 0 Å². The van der Waals surface area contributed by atoms with Gasteiger partial charge in [0.05, 0.1) is 12.3 Å². The second-order valence-corrected chi connectivity index (χ2v) is 3.99. The lowest BCUT2D eigenvalue weighted by Gasteiger charge is -2.20. The first-order valence-corrected chi connectivity index (χ1v) is 5.63. The van der Waals surface area contributed by atoms with E-state index in [0.29, 0.717) is 6.54 Å². The molecule has 1 aromatic rings. The zero-order chi connectivity index (χ0) is 12.0. The molecule has 0 amide bonds. The minimum atomic E-state index is 0.140. The van der Waals surface area contributed by atoms with Crippen molar-refractivity contribution in [1.82, 2.24) is 15.1 Å². The van der Waals surface area contributed by atoms with Crippen LogP contribution in [0.5, 0.6) is 0 Å². The van der Waals surface area contributed by atoms with Gasteiger partial charge in [0, 0.05) is 37.5 Å². The smallest absolute Gasteiger partial charge is 0.0639 e. The standard InChI is InChI=1S/C11H21N3O2/c1-9-11(10(2)13-12-9)8-14(5-7-16)4-3-6-15/h15-16H,3-8H2,1-2H3,(H,12,13). The molecule has 0 fully saturated rings. The largest absolute Gasteiger partial charge is 0.396 e. The van der Waals surface area contributed by atoms with E-state index in [4.69, 9.17) is 10.2 Å². The second-order valence-electron chi connectivity index (χ2n) is 3.99. The maximum Gasteiger partial charge on any atom is 0.0639 e. The van der Waals surface area contributed by atoms with Gasteiger partial charge in [0.1, 0.15) is 0 Å². The first kappa shape index (κ1) is 13.2. The molecule has 0 bridgehead atoms. The molecule has 0 atom stereocenters. The molecule has 16 heavy (non-hydrogen) atoms. The van der Waals surface area contributed by atoms with E-state index in [9.17, 15) is 0 Å². The summed E-state index contributed by atoms with van der Waals surface area (Å²) in [5, 5.41) is 24.9. The van der Waals surface area contributed by atoms with Crippen molar-refractivity contribution >= 4 is 0 Å². The number of aryl methyl sites for hydroxylation is 2. The normalized spacial score (nSPS) is 11.3. The van der Waals surface area contributed by atoms with E-state index < -0.39 is 0 Å². The van der Waals surface area contributed by atoms with Gasteiger partial charge in [0.15, 0.2) is 0 Å². The Kier molecular flexibility index (Phi) is 5.45. The van der Waals surface area contributed by atoms with Crippen LogP contribution in [0.2, 0.25) is 0 Å². The molecule has 0 aliphatic rings. The number of aromatic nitrogens is 2. The number of aromatic amines is 1. The lowest BCUT2D eigenvalue weighted by molar-refractivity contribution is 0.174. The molecule has 1 aromatic heterocycles. The van der Waals surface area contributed by atoms with Gasteiger partial charge in [-0.1, -0.05) is 0 Å². The minimum Gasteiger partial charge on any atom is -0.396 e. The third kappa shape index (κ3) is 3.59. The molecule has 0 aliphatic carbocycles. The molecule has 0 unspecified atom stereocenters. The fourth-order valence-corrected chi connectivity index (χ4v) is 1.74. The van der Waals surface area contributed by atoms with Gasteiger partial charge in [-0.15, -0.1) is 0 Å². The second kappa shape index (κ2) is 6.62. The Morgan fingerprint density at radius 1 is 1.19 bits per heavy atom. The Hall–Kier alpha value is -0.910. The summed E-state index contributed by atoms with van der Waals surface area (Å²) in [7, 11) is 0. The molecular formula is C11H21N3O2. The fraction of sp³-hybridized carbons (Fsp3) is 0.727. The minimum absolute atomic E-state index is 0.140. The summed E-state index contributed by atoms with van der Waals surface area (Å²) in [6.07, 6.45) is 0.732. The molecule has 0 saturated carbocycles. The third-order valence-electron chi connectivity index (χ3n) is 2.71. The summed E-state index contributed by atoms with van der Waals surface area (Å²) in [5.74, 6) is 0. The predicted molar refractivity (Wildman–Crippen MR) is 62.1 cm³/mol. The highest BCUT2D eigenvalue weighted by molar-refractivity contribution is 5.22. The lowest BCUT2D eigenvalue weighted by Crippen LogP contribution is -2.28. The van der Waals surface area contributed by atoms with Crippen molar-refractivity contribution in [2.24, 2.45) is 0 Å². The van der Waals surface area contributed by atoms with Crippen LogP contribution in [0.1, 0.15) is 23.4 Å². The van der Waals surface area contributed by atoms with Crippen LogP contribution in [0.3, 0.4) is 0 Å². The van der Waals surface area contributed by atoms with E-state index in [1.54, 1.807) is 0 Å². The van der Waals surface area contributed by atoms with Crippen molar-refractivity contribution < 1.29 is 10.2 Å². The molecule has 5 heteroatoms. The van der Waals surface area contributed by atoms with E-state index in [1.165, 1.54) is 5.56 Å². The zero-order valence-electron chi connectivity index (χ0n) is 10.0. The average molecular weight is 227 g/mol. The summed E-state index contributed by atoms with van der Waals surface area (Å²) in [6.45, 7) is 6.49. The highest BCUT2D eigenvalue weighted by Crippen LogP contribution is 2.12. The zero-order valence-corrected chi connectivity index (χ0v) is 10.0. The molecule has 0 aliphatic heterocycles. The topological polar surface area (TPSA) is 72.4 Å². The Balaban J connectivity index is 2.59. The van der Waals surface area contributed by atoms with Gasteiger partial charge in [0.25, 0.3) is 0 Å². The van der Waals surface area contributed by atoms with E-state index in [-0.39, 0.29) is 13.2 Å². The van der Waals surface area contributed by atoms with E-state index in [0.717, 1.165) is 30.9 Å². The van der Waals surface area contributed by atoms with Crippen LogP contribution in [-0.2, 0) is 6.54 Å². The lowest BCUT2D eigenvalue weighted by atomic mass is 10.2. The molecular weight excluding hydrogens is 206 g/mol. The molecule has 1 heterocycles. The monoisotopic (exact) mass is 227 g/mol. The number of nitrogens with one attached hydrogen (secondary N) is 1. The van der Waals surface area contributed by atoms with Gasteiger partial charge >= 0.3 is 0 Å². The van der Waals surface area contributed by atoms with Gasteiger partial charge in [-0.2, -0.15) is 5.10 Å². The summed E-state index contributed by atoms with van der Waals surface area (Å²) in [4.78, 5) is 2.13. The maximum atomic E-state index is 8.98. The van der Waals surface area contributed by atoms with Gasteiger partial charge in [-0.25, -0.2) is 0 Å². The Morgan fingerprint density at radius 2 is 1.94 bits per heavy atom. The van der Waals surface area contributed by atoms with Gasteiger partial charge in [-0.05, 0) is 20.3 Å². The van der Waals surface area contributed by atoms with E-state index >= 15 is 0 Å². The molecule has 5 nitrogen and oxygen atoms in total. The van der Waals surface area contributed by atoms with Crippen molar-refractivity contribution in [3.8, 4) is 0 Å². The molecule has 3 N–H and O–H groups in total. The van der Waals surface area contributed by atoms with Crippen molar-refractivity contribution in [2.75, 3.05) is 26.3 Å². The van der Waals surface area contributed by atoms with Crippen LogP contribution in [0.15, 0.2) is 0 Å². The maximum absolute atomic E-state index is 8.98. The Bertz CT molecular complexity index is 293. The van der Waals surface area contributed by atoms with Crippen LogP contribution in [0.25, 0.3) is 0 Å². The first-order valence-electron chi connectivity index (χ1n) is 5.63. The van der Waals surface area contributed by atoms with Crippen molar-refractivity contribution in [3.63, 3.8) is 0 Å². The van der Waals surface area contributed by atoms with Gasteiger partial charge < -0.3 is 10.2 Å². The van der Waals surface area contributed by atoms with Crippen LogP contribution in [0, 0.1) is 13.8 Å². The van der Waals surface area contributed by atoms with Crippen LogP contribution in [-0.4, -0.2) is 51.6 Å². The van der Waals surface area contributed by atoms with Crippen LogP contribution in [0.4, 0.5) is 0 Å². The number of nitrogens with zero attached hydrogens (tertiary/aromatic N) is 2. The van der Waals surface area contributed by atoms with Crippen LogP contribution >= 0.6 is 0 Å². The fourth-order valence-electron chi connectivity index (χ4n) is 1.74. The van der Waals surface area contributed by atoms with E-state index in [2.05, 4.69) is 15.1 Å². The Morgan fingerprint density at radius 3 is 2.44 bits per heavy atom. The Labute approximate surface area is 96.1 Å². The summed E-state index contributed by atoms with van der Waals surface area (Å²) in [6, 6.07) is 0. The van der Waals surface area contributed by atoms with Crippen molar-refractivity contribution in [1.29, 1.82) is 0 Å². The number of rotatable bonds is 7. The third-order valence-corrected chi connectivity index (χ3v) is 2.71. The van der Waals surface area contributed by atoms with Crippen LogP contribution < -0.4 is 0 Å². The molecule has 0 spiro atoms. The molecule has 0 aromatic carbocycles. The van der Waals surface area contributed by atoms with Gasteiger partial charge in [-0.3, -0.25) is 10.00 Å². The predicted octanol–water partition coefficient (Wildman–Crippen LogP) is 0.203. The number of hydrogen-bond donors (Lipinski definition) is 3.